The van der Waals surface area contributed by atoms with Crippen molar-refractivity contribution in [1.29, 1.82) is 0 Å². The molecular formula is C8H8F3N3O3S. The van der Waals surface area contributed by atoms with E-state index in [9.17, 15) is 21.6 Å². The lowest BCUT2D eigenvalue weighted by molar-refractivity contribution is 0.236. The average molecular weight is 283 g/mol. The van der Waals surface area contributed by atoms with Gasteiger partial charge in [-0.25, -0.2) is 12.8 Å². The van der Waals surface area contributed by atoms with Crippen molar-refractivity contribution in [2.75, 3.05) is 4.72 Å². The Morgan fingerprint density at radius 3 is 2.50 bits per heavy atom. The molecular weight excluding hydrogens is 275 g/mol. The third kappa shape index (κ3) is 3.03. The van der Waals surface area contributed by atoms with Crippen LogP contribution in [-0.4, -0.2) is 25.2 Å². The normalized spacial score (nSPS) is 12.8. The van der Waals surface area contributed by atoms with Crippen molar-refractivity contribution >= 4 is 21.5 Å². The van der Waals surface area contributed by atoms with Crippen molar-refractivity contribution < 1.29 is 26.8 Å². The predicted octanol–water partition coefficient (Wildman–Crippen LogP) is 0.885. The third-order valence-electron chi connectivity index (χ3n) is 1.86. The summed E-state index contributed by atoms with van der Waals surface area (Å²) in [6, 6.07) is 2.71. The summed E-state index contributed by atoms with van der Waals surface area (Å²) < 4.78 is 60.5. The molecule has 0 amide bonds. The molecule has 1 aromatic carbocycles. The number of anilines is 1. The van der Waals surface area contributed by atoms with Crippen molar-refractivity contribution in [2.45, 2.75) is 5.76 Å². The molecule has 4 N–H and O–H groups in total. The number of nitrogens with two attached hydrogens (primary N) is 1. The number of hydrogen-bond acceptors (Lipinski definition) is 4. The molecule has 0 unspecified atom stereocenters. The second-order valence-corrected chi connectivity index (χ2v) is 4.74. The lowest BCUT2D eigenvalue weighted by Gasteiger charge is -2.08. The standard InChI is InChI=1S/C8H8F3N3O3S/c9-5-3-4(7(12)13-15)1-2-6(5)14-18(16,17)8(10)11/h1-3,8,14-15H,(H2,12,13). The summed E-state index contributed by atoms with van der Waals surface area (Å²) in [7, 11) is -4.95. The molecule has 0 spiro atoms. The van der Waals surface area contributed by atoms with Crippen molar-refractivity contribution in [1.82, 2.24) is 0 Å². The minimum atomic E-state index is -4.95. The quantitative estimate of drug-likeness (QED) is 0.330. The number of rotatable bonds is 4. The van der Waals surface area contributed by atoms with Gasteiger partial charge in [-0.05, 0) is 18.2 Å². The number of hydrogen-bond donors (Lipinski definition) is 3. The predicted molar refractivity (Wildman–Crippen MR) is 57.5 cm³/mol. The van der Waals surface area contributed by atoms with E-state index < -0.39 is 33.1 Å². The summed E-state index contributed by atoms with van der Waals surface area (Å²) in [6.07, 6.45) is 0. The van der Waals surface area contributed by atoms with Gasteiger partial charge in [0.15, 0.2) is 5.84 Å². The molecule has 1 aromatic rings. The minimum Gasteiger partial charge on any atom is -0.409 e. The Morgan fingerprint density at radius 2 is 2.06 bits per heavy atom. The summed E-state index contributed by atoms with van der Waals surface area (Å²) in [5.74, 6) is -5.22. The first-order chi connectivity index (χ1) is 8.27. The Bertz CT molecular complexity index is 574. The summed E-state index contributed by atoms with van der Waals surface area (Å²) in [6.45, 7) is 0. The van der Waals surface area contributed by atoms with Crippen LogP contribution in [0.5, 0.6) is 0 Å². The highest BCUT2D eigenvalue weighted by atomic mass is 32.2. The van der Waals surface area contributed by atoms with Crippen LogP contribution in [0, 0.1) is 5.82 Å². The van der Waals surface area contributed by atoms with E-state index in [0.717, 1.165) is 18.2 Å². The number of alkyl halides is 2. The van der Waals surface area contributed by atoms with Crippen molar-refractivity contribution in [3.8, 4) is 0 Å². The Labute approximate surface area is 100.0 Å². The lowest BCUT2D eigenvalue weighted by atomic mass is 10.2. The SMILES string of the molecule is N/C(=N/O)c1ccc(NS(=O)(=O)C(F)F)c(F)c1. The maximum Gasteiger partial charge on any atom is 0.355 e. The lowest BCUT2D eigenvalue weighted by Crippen LogP contribution is -2.21. The second-order valence-electron chi connectivity index (χ2n) is 3.09. The van der Waals surface area contributed by atoms with E-state index in [1.54, 1.807) is 0 Å². The Balaban J connectivity index is 3.08. The smallest absolute Gasteiger partial charge is 0.355 e. The van der Waals surface area contributed by atoms with E-state index in [2.05, 4.69) is 5.16 Å². The number of amidine groups is 1. The molecule has 18 heavy (non-hydrogen) atoms. The molecule has 0 fully saturated rings. The number of nitrogens with one attached hydrogen (secondary N) is 1. The molecule has 0 radical (unpaired) electrons. The van der Waals surface area contributed by atoms with Crippen molar-refractivity contribution in [3.63, 3.8) is 0 Å². The van der Waals surface area contributed by atoms with E-state index in [-0.39, 0.29) is 5.56 Å². The van der Waals surface area contributed by atoms with E-state index >= 15 is 0 Å². The topological polar surface area (TPSA) is 105 Å². The van der Waals surface area contributed by atoms with Crippen molar-refractivity contribution in [3.05, 3.63) is 29.6 Å². The zero-order valence-electron chi connectivity index (χ0n) is 8.64. The maximum atomic E-state index is 13.4. The molecule has 0 aliphatic carbocycles. The Kier molecular flexibility index (Phi) is 4.01. The van der Waals surface area contributed by atoms with Crippen LogP contribution in [0.25, 0.3) is 0 Å². The average Bonchev–Trinajstić information content (AvgIpc) is 2.30. The molecule has 0 saturated heterocycles. The van der Waals surface area contributed by atoms with Gasteiger partial charge in [-0.2, -0.15) is 8.78 Å². The van der Waals surface area contributed by atoms with Crippen LogP contribution < -0.4 is 10.5 Å². The van der Waals surface area contributed by atoms with Gasteiger partial charge in [0.05, 0.1) is 5.69 Å². The monoisotopic (exact) mass is 283 g/mol. The Hall–Kier alpha value is -1.97. The fraction of sp³-hybridized carbons (Fsp3) is 0.125. The fourth-order valence-corrected chi connectivity index (χ4v) is 1.57. The fourth-order valence-electron chi connectivity index (χ4n) is 1.01. The zero-order valence-corrected chi connectivity index (χ0v) is 9.46. The van der Waals surface area contributed by atoms with E-state index in [1.165, 1.54) is 4.72 Å². The van der Waals surface area contributed by atoms with Gasteiger partial charge in [0.2, 0.25) is 0 Å². The van der Waals surface area contributed by atoms with Gasteiger partial charge in [0.1, 0.15) is 5.82 Å². The maximum absolute atomic E-state index is 13.4. The molecule has 0 aliphatic rings. The Morgan fingerprint density at radius 1 is 1.44 bits per heavy atom. The highest BCUT2D eigenvalue weighted by molar-refractivity contribution is 7.93. The van der Waals surface area contributed by atoms with E-state index in [4.69, 9.17) is 10.9 Å². The van der Waals surface area contributed by atoms with Crippen LogP contribution >= 0.6 is 0 Å². The van der Waals surface area contributed by atoms with Crippen LogP contribution in [0.3, 0.4) is 0 Å². The van der Waals surface area contributed by atoms with Gasteiger partial charge in [0.25, 0.3) is 10.0 Å². The molecule has 10 heteroatoms. The molecule has 0 atom stereocenters. The van der Waals surface area contributed by atoms with Gasteiger partial charge < -0.3 is 10.9 Å². The summed E-state index contributed by atoms with van der Waals surface area (Å²) in [5, 5.41) is 10.9. The molecule has 6 nitrogen and oxygen atoms in total. The molecule has 1 rings (SSSR count). The molecule has 0 saturated carbocycles. The van der Waals surface area contributed by atoms with E-state index in [0.29, 0.717) is 0 Å². The molecule has 0 bridgehead atoms. The molecule has 0 aromatic heterocycles. The van der Waals surface area contributed by atoms with Gasteiger partial charge >= 0.3 is 5.76 Å². The van der Waals surface area contributed by atoms with Gasteiger partial charge in [-0.1, -0.05) is 5.16 Å². The number of halogens is 3. The second kappa shape index (κ2) is 5.12. The van der Waals surface area contributed by atoms with Gasteiger partial charge in [-0.15, -0.1) is 0 Å². The summed E-state index contributed by atoms with van der Waals surface area (Å²) in [5.41, 5.74) is 4.47. The number of nitrogens with zero attached hydrogens (tertiary/aromatic N) is 1. The van der Waals surface area contributed by atoms with Gasteiger partial charge in [-0.3, -0.25) is 4.72 Å². The number of oxime groups is 1. The molecule has 100 valence electrons. The van der Waals surface area contributed by atoms with Gasteiger partial charge in [0, 0.05) is 5.56 Å². The molecule has 0 heterocycles. The van der Waals surface area contributed by atoms with E-state index in [1.807, 2.05) is 0 Å². The molecule has 0 aliphatic heterocycles. The number of benzene rings is 1. The first-order valence-corrected chi connectivity index (χ1v) is 5.90. The highest BCUT2D eigenvalue weighted by Gasteiger charge is 2.25. The van der Waals surface area contributed by atoms with Crippen LogP contribution in [-0.2, 0) is 10.0 Å². The van der Waals surface area contributed by atoms with Crippen LogP contribution in [0.1, 0.15) is 5.56 Å². The third-order valence-corrected chi connectivity index (χ3v) is 2.83. The van der Waals surface area contributed by atoms with Crippen LogP contribution in [0.15, 0.2) is 23.4 Å². The van der Waals surface area contributed by atoms with Crippen LogP contribution in [0.4, 0.5) is 18.9 Å². The van der Waals surface area contributed by atoms with Crippen molar-refractivity contribution in [2.24, 2.45) is 10.9 Å². The number of sulfonamides is 1. The van der Waals surface area contributed by atoms with Crippen LogP contribution in [0.2, 0.25) is 0 Å². The summed E-state index contributed by atoms with van der Waals surface area (Å²) >= 11 is 0. The summed E-state index contributed by atoms with van der Waals surface area (Å²) in [4.78, 5) is 0. The zero-order chi connectivity index (χ0) is 13.9. The first-order valence-electron chi connectivity index (χ1n) is 4.35. The largest absolute Gasteiger partial charge is 0.409 e. The first kappa shape index (κ1) is 14.1. The highest BCUT2D eigenvalue weighted by Crippen LogP contribution is 2.19. The minimum absolute atomic E-state index is 0.0324.